The van der Waals surface area contributed by atoms with E-state index in [1.165, 1.54) is 12.3 Å². The summed E-state index contributed by atoms with van der Waals surface area (Å²) < 4.78 is 42.9. The summed E-state index contributed by atoms with van der Waals surface area (Å²) in [6.45, 7) is 9.03. The molecule has 2 aromatic heterocycles. The highest BCUT2D eigenvalue weighted by atomic mass is 35.5. The van der Waals surface area contributed by atoms with Gasteiger partial charge >= 0.3 is 6.18 Å². The third-order valence-electron chi connectivity index (χ3n) is 8.24. The van der Waals surface area contributed by atoms with E-state index in [0.717, 1.165) is 19.4 Å². The average molecular weight is 624 g/mol. The number of rotatable bonds is 7. The van der Waals surface area contributed by atoms with Crippen LogP contribution >= 0.6 is 11.6 Å². The van der Waals surface area contributed by atoms with Crippen molar-refractivity contribution in [2.24, 2.45) is 0 Å². The summed E-state index contributed by atoms with van der Waals surface area (Å²) in [5.74, 6) is 1.04. The van der Waals surface area contributed by atoms with Crippen molar-refractivity contribution in [1.29, 1.82) is 0 Å². The lowest BCUT2D eigenvalue weighted by atomic mass is 9.97. The normalized spacial score (nSPS) is 20.6. The molecule has 15 heteroatoms. The van der Waals surface area contributed by atoms with E-state index in [9.17, 15) is 27.6 Å². The van der Waals surface area contributed by atoms with Gasteiger partial charge in [-0.25, -0.2) is 4.98 Å². The Balaban J connectivity index is 1.20. The van der Waals surface area contributed by atoms with E-state index >= 15 is 0 Å². The van der Waals surface area contributed by atoms with E-state index in [-0.39, 0.29) is 29.4 Å². The number of pyridine rings is 1. The maximum atomic E-state index is 13.1. The van der Waals surface area contributed by atoms with Crippen LogP contribution in [0.15, 0.2) is 26.4 Å². The Morgan fingerprint density at radius 2 is 1.77 bits per heavy atom. The fourth-order valence-corrected chi connectivity index (χ4v) is 6.30. The van der Waals surface area contributed by atoms with Gasteiger partial charge in [-0.2, -0.15) is 13.2 Å². The van der Waals surface area contributed by atoms with Gasteiger partial charge in [0.15, 0.2) is 0 Å². The number of hydrogen-bond donors (Lipinski definition) is 2. The molecule has 0 aliphatic carbocycles. The van der Waals surface area contributed by atoms with E-state index < -0.39 is 29.3 Å². The van der Waals surface area contributed by atoms with Crippen LogP contribution in [0.1, 0.15) is 48.5 Å². The first-order valence-electron chi connectivity index (χ1n) is 14.1. The maximum absolute atomic E-state index is 13.1. The lowest BCUT2D eigenvalue weighted by molar-refractivity contribution is -0.115. The Morgan fingerprint density at radius 1 is 1.09 bits per heavy atom. The number of nitrogens with one attached hydrogen (secondary N) is 2. The van der Waals surface area contributed by atoms with Crippen LogP contribution in [0.2, 0.25) is 5.02 Å². The van der Waals surface area contributed by atoms with Crippen LogP contribution in [0, 0.1) is 13.8 Å². The van der Waals surface area contributed by atoms with Crippen LogP contribution in [-0.4, -0.2) is 82.9 Å². The van der Waals surface area contributed by atoms with Gasteiger partial charge in [0.25, 0.3) is 16.8 Å². The maximum Gasteiger partial charge on any atom is 0.405 e. The number of amides is 1. The van der Waals surface area contributed by atoms with E-state index in [2.05, 4.69) is 39.1 Å². The molecule has 43 heavy (non-hydrogen) atoms. The number of alkyl halides is 3. The van der Waals surface area contributed by atoms with Gasteiger partial charge in [0, 0.05) is 44.3 Å². The Labute approximate surface area is 250 Å². The first kappa shape index (κ1) is 30.8. The molecule has 0 radical (unpaired) electrons. The lowest BCUT2D eigenvalue weighted by Crippen LogP contribution is -2.61. The largest absolute Gasteiger partial charge is 0.405 e. The van der Waals surface area contributed by atoms with Crippen molar-refractivity contribution in [2.45, 2.75) is 64.8 Å². The summed E-state index contributed by atoms with van der Waals surface area (Å²) in [5.41, 5.74) is -1.18. The Morgan fingerprint density at radius 3 is 2.37 bits per heavy atom. The third-order valence-corrected chi connectivity index (χ3v) is 8.52. The number of aryl methyl sites for hydroxylation is 2. The van der Waals surface area contributed by atoms with Gasteiger partial charge in [-0.05, 0) is 46.6 Å². The van der Waals surface area contributed by atoms with Crippen LogP contribution in [0.3, 0.4) is 0 Å². The smallest absolute Gasteiger partial charge is 0.371 e. The molecule has 1 amide bonds. The monoisotopic (exact) mass is 623 g/mol. The Bertz CT molecular complexity index is 1560. The zero-order chi connectivity index (χ0) is 31.2. The molecule has 2 N–H and O–H groups in total. The van der Waals surface area contributed by atoms with Gasteiger partial charge in [0.05, 0.1) is 22.6 Å². The number of likely N-dealkylation sites (tertiary alicyclic amines) is 1. The molecule has 0 saturated carbocycles. The summed E-state index contributed by atoms with van der Waals surface area (Å²) in [7, 11) is 0. The van der Waals surface area contributed by atoms with Gasteiger partial charge in [-0.3, -0.25) is 19.3 Å². The average Bonchev–Trinajstić information content (AvgIpc) is 3.30. The van der Waals surface area contributed by atoms with Crippen molar-refractivity contribution in [3.05, 3.63) is 54.8 Å². The Kier molecular flexibility index (Phi) is 8.45. The number of nitrogens with zero attached hydrogens (tertiary/aromatic N) is 5. The molecule has 0 bridgehead atoms. The molecule has 0 unspecified atom stereocenters. The molecule has 2 aliphatic heterocycles. The quantitative estimate of drug-likeness (QED) is 0.375. The summed E-state index contributed by atoms with van der Waals surface area (Å²) in [6, 6.07) is 2.09. The molecule has 2 saturated heterocycles. The molecule has 5 rings (SSSR count). The first-order valence-corrected chi connectivity index (χ1v) is 14.4. The third kappa shape index (κ3) is 6.21. The van der Waals surface area contributed by atoms with Gasteiger partial charge in [0.2, 0.25) is 0 Å². The SMILES string of the molecule is Cc1noc(C)c1C(=O)N1CCC(N2C[C@H](C)N(c3ncc(Nc4c(NCC(F)(F)F)c(=O)c4=O)cc3Cl)C[C@H]2C)CC1. The van der Waals surface area contributed by atoms with Crippen LogP contribution in [-0.2, 0) is 0 Å². The number of carbonyl (C=O) groups excluding carboxylic acids is 1. The molecule has 2 aliphatic rings. The van der Waals surface area contributed by atoms with Crippen molar-refractivity contribution < 1.29 is 22.5 Å². The van der Waals surface area contributed by atoms with E-state index in [1.807, 2.05) is 10.2 Å². The highest BCUT2D eigenvalue weighted by Gasteiger charge is 2.37. The lowest BCUT2D eigenvalue weighted by Gasteiger charge is -2.49. The van der Waals surface area contributed by atoms with Crippen LogP contribution in [0.5, 0.6) is 0 Å². The minimum absolute atomic E-state index is 0.0436. The molecule has 2 fully saturated rings. The number of anilines is 4. The highest BCUT2D eigenvalue weighted by Crippen LogP contribution is 2.33. The second-order valence-corrected chi connectivity index (χ2v) is 11.7. The summed E-state index contributed by atoms with van der Waals surface area (Å²) >= 11 is 6.60. The number of carbonyl (C=O) groups is 1. The van der Waals surface area contributed by atoms with E-state index in [4.69, 9.17) is 16.1 Å². The molecule has 232 valence electrons. The van der Waals surface area contributed by atoms with Crippen LogP contribution in [0.25, 0.3) is 0 Å². The van der Waals surface area contributed by atoms with Crippen molar-refractivity contribution in [2.75, 3.05) is 48.3 Å². The number of hydrogen-bond acceptors (Lipinski definition) is 10. The van der Waals surface area contributed by atoms with Crippen molar-refractivity contribution >= 4 is 40.4 Å². The van der Waals surface area contributed by atoms with Gasteiger partial charge in [0.1, 0.15) is 35.1 Å². The second kappa shape index (κ2) is 11.8. The summed E-state index contributed by atoms with van der Waals surface area (Å²) in [5, 5.41) is 8.86. The minimum Gasteiger partial charge on any atom is -0.371 e. The number of halogens is 4. The fourth-order valence-electron chi connectivity index (χ4n) is 6.03. The zero-order valence-electron chi connectivity index (χ0n) is 24.2. The molecule has 2 atom stereocenters. The van der Waals surface area contributed by atoms with Crippen LogP contribution in [0.4, 0.5) is 36.1 Å². The number of aromatic nitrogens is 2. The van der Waals surface area contributed by atoms with Gasteiger partial charge in [-0.1, -0.05) is 16.8 Å². The summed E-state index contributed by atoms with van der Waals surface area (Å²) in [6.07, 6.45) is -1.42. The number of piperidine rings is 1. The van der Waals surface area contributed by atoms with Crippen molar-refractivity contribution in [3.63, 3.8) is 0 Å². The minimum atomic E-state index is -4.55. The predicted molar refractivity (Wildman–Crippen MR) is 156 cm³/mol. The first-order chi connectivity index (χ1) is 20.2. The highest BCUT2D eigenvalue weighted by molar-refractivity contribution is 6.33. The topological polar surface area (TPSA) is 124 Å². The molecule has 0 spiro atoms. The van der Waals surface area contributed by atoms with Crippen molar-refractivity contribution in [3.8, 4) is 0 Å². The summed E-state index contributed by atoms with van der Waals surface area (Å²) in [4.78, 5) is 47.8. The predicted octanol–water partition coefficient (Wildman–Crippen LogP) is 3.86. The van der Waals surface area contributed by atoms with E-state index in [0.29, 0.717) is 53.5 Å². The molecule has 11 nitrogen and oxygen atoms in total. The Hall–Kier alpha value is -3.65. The number of piperazine rings is 1. The molecule has 1 aromatic carbocycles. The molecule has 3 aromatic rings. The second-order valence-electron chi connectivity index (χ2n) is 11.3. The van der Waals surface area contributed by atoms with Gasteiger partial charge < -0.3 is 25.0 Å². The molecule has 4 heterocycles. The molecular formula is C28H33ClF3N7O4. The standard InChI is InChI=1S/C28H33ClF3N7O4/c1-14-12-39(15(2)11-38(14)19-5-7-37(8-6-19)27(42)21-16(3)36-43-17(21)4)26-20(29)9-18(10-33-26)35-23-22(24(40)25(23)41)34-13-28(30,31)32/h9-10,14-15,19,34-35H,5-8,11-13H2,1-4H3/t14-,15+/m1/s1. The van der Waals surface area contributed by atoms with Crippen LogP contribution < -0.4 is 26.4 Å². The fraction of sp³-hybridized carbons (Fsp3) is 0.536. The zero-order valence-corrected chi connectivity index (χ0v) is 25.0. The van der Waals surface area contributed by atoms with E-state index in [1.54, 1.807) is 13.8 Å². The van der Waals surface area contributed by atoms with Crippen molar-refractivity contribution in [1.82, 2.24) is 19.9 Å². The molecular weight excluding hydrogens is 591 g/mol. The van der Waals surface area contributed by atoms with Gasteiger partial charge in [-0.15, -0.1) is 0 Å².